The summed E-state index contributed by atoms with van der Waals surface area (Å²) in [7, 11) is 1.63. The van der Waals surface area contributed by atoms with E-state index in [4.69, 9.17) is 11.5 Å². The van der Waals surface area contributed by atoms with Crippen LogP contribution in [0.1, 0.15) is 25.7 Å². The van der Waals surface area contributed by atoms with Gasteiger partial charge in [0.25, 0.3) is 0 Å². The quantitative estimate of drug-likeness (QED) is 0.626. The Balaban J connectivity index is 2.41. The second kappa shape index (κ2) is 4.18. The van der Waals surface area contributed by atoms with Crippen molar-refractivity contribution in [1.82, 2.24) is 4.90 Å². The minimum absolute atomic E-state index is 0.169. The molecule has 1 N–H and O–H groups in total. The standard InChI is InChI=1S/C10H15NO2/c1-3-8-4-6-9(7-5-8)11(2)10(12)13/h1,8-9H,4-7H2,2H3,(H,12,13). The van der Waals surface area contributed by atoms with Crippen LogP contribution >= 0.6 is 0 Å². The molecule has 0 aliphatic heterocycles. The molecule has 0 radical (unpaired) electrons. The lowest BCUT2D eigenvalue weighted by Gasteiger charge is -2.31. The predicted molar refractivity (Wildman–Crippen MR) is 50.4 cm³/mol. The van der Waals surface area contributed by atoms with E-state index >= 15 is 0 Å². The van der Waals surface area contributed by atoms with Crippen LogP contribution in [0.4, 0.5) is 4.79 Å². The zero-order valence-corrected chi connectivity index (χ0v) is 7.86. The van der Waals surface area contributed by atoms with Crippen LogP contribution in [0.25, 0.3) is 0 Å². The highest BCUT2D eigenvalue weighted by molar-refractivity contribution is 5.64. The molecule has 1 aliphatic rings. The summed E-state index contributed by atoms with van der Waals surface area (Å²) in [6.45, 7) is 0. The molecule has 0 saturated heterocycles. The van der Waals surface area contributed by atoms with Gasteiger partial charge in [0.15, 0.2) is 0 Å². The van der Waals surface area contributed by atoms with Crippen molar-refractivity contribution >= 4 is 6.09 Å². The molecule has 3 nitrogen and oxygen atoms in total. The van der Waals surface area contributed by atoms with Crippen molar-refractivity contribution in [3.8, 4) is 12.3 Å². The highest BCUT2D eigenvalue weighted by atomic mass is 16.4. The number of carboxylic acid groups (broad SMARTS) is 1. The lowest BCUT2D eigenvalue weighted by molar-refractivity contribution is 0.123. The minimum atomic E-state index is -0.843. The molecule has 1 aliphatic carbocycles. The van der Waals surface area contributed by atoms with Crippen LogP contribution in [0.15, 0.2) is 0 Å². The van der Waals surface area contributed by atoms with E-state index in [1.54, 1.807) is 7.05 Å². The van der Waals surface area contributed by atoms with E-state index in [1.807, 2.05) is 0 Å². The summed E-state index contributed by atoms with van der Waals surface area (Å²) in [5.74, 6) is 3.09. The fourth-order valence-corrected chi connectivity index (χ4v) is 1.79. The summed E-state index contributed by atoms with van der Waals surface area (Å²) in [6, 6.07) is 0.169. The lowest BCUT2D eigenvalue weighted by Crippen LogP contribution is -2.38. The molecular formula is C10H15NO2. The van der Waals surface area contributed by atoms with Crippen molar-refractivity contribution in [3.05, 3.63) is 0 Å². The van der Waals surface area contributed by atoms with Gasteiger partial charge in [-0.3, -0.25) is 0 Å². The number of amides is 1. The van der Waals surface area contributed by atoms with Gasteiger partial charge in [-0.1, -0.05) is 0 Å². The molecule has 0 aromatic carbocycles. The Morgan fingerprint density at radius 2 is 2.00 bits per heavy atom. The first-order chi connectivity index (χ1) is 6.15. The van der Waals surface area contributed by atoms with E-state index in [0.717, 1.165) is 25.7 Å². The van der Waals surface area contributed by atoms with Crippen LogP contribution in [0.2, 0.25) is 0 Å². The Morgan fingerprint density at radius 3 is 2.38 bits per heavy atom. The second-order valence-electron chi connectivity index (χ2n) is 3.57. The Kier molecular flexibility index (Phi) is 3.18. The molecule has 72 valence electrons. The van der Waals surface area contributed by atoms with E-state index in [9.17, 15) is 4.79 Å². The third-order valence-electron chi connectivity index (χ3n) is 2.78. The SMILES string of the molecule is C#CC1CCC(N(C)C(=O)O)CC1. The molecule has 1 saturated carbocycles. The first-order valence-corrected chi connectivity index (χ1v) is 4.57. The van der Waals surface area contributed by atoms with Gasteiger partial charge in [0, 0.05) is 19.0 Å². The lowest BCUT2D eigenvalue weighted by atomic mass is 9.86. The molecule has 1 fully saturated rings. The number of rotatable bonds is 1. The van der Waals surface area contributed by atoms with E-state index in [1.165, 1.54) is 4.90 Å². The molecule has 0 spiro atoms. The highest BCUT2D eigenvalue weighted by Gasteiger charge is 2.25. The first kappa shape index (κ1) is 9.91. The molecule has 1 rings (SSSR count). The third-order valence-corrected chi connectivity index (χ3v) is 2.78. The van der Waals surface area contributed by atoms with Gasteiger partial charge in [-0.15, -0.1) is 12.3 Å². The number of carbonyl (C=O) groups is 1. The zero-order chi connectivity index (χ0) is 9.84. The van der Waals surface area contributed by atoms with Gasteiger partial charge >= 0.3 is 6.09 Å². The molecule has 0 atom stereocenters. The molecule has 13 heavy (non-hydrogen) atoms. The Hall–Kier alpha value is -1.17. The molecule has 3 heteroatoms. The van der Waals surface area contributed by atoms with Gasteiger partial charge in [-0.25, -0.2) is 4.79 Å². The van der Waals surface area contributed by atoms with E-state index < -0.39 is 6.09 Å². The second-order valence-corrected chi connectivity index (χ2v) is 3.57. The van der Waals surface area contributed by atoms with Gasteiger partial charge in [-0.2, -0.15) is 0 Å². The predicted octanol–water partition coefficient (Wildman–Crippen LogP) is 1.79. The molecular weight excluding hydrogens is 166 g/mol. The Bertz CT molecular complexity index is 224. The van der Waals surface area contributed by atoms with Gasteiger partial charge in [-0.05, 0) is 25.7 Å². The van der Waals surface area contributed by atoms with E-state index in [-0.39, 0.29) is 6.04 Å². The van der Waals surface area contributed by atoms with Crippen LogP contribution in [0, 0.1) is 18.3 Å². The molecule has 0 aromatic heterocycles. The largest absolute Gasteiger partial charge is 0.465 e. The van der Waals surface area contributed by atoms with Crippen LogP contribution in [0.5, 0.6) is 0 Å². The number of hydrogen-bond acceptors (Lipinski definition) is 1. The van der Waals surface area contributed by atoms with Crippen molar-refractivity contribution in [1.29, 1.82) is 0 Å². The normalized spacial score (nSPS) is 27.7. The molecule has 0 aromatic rings. The summed E-state index contributed by atoms with van der Waals surface area (Å²) in [5.41, 5.74) is 0. The summed E-state index contributed by atoms with van der Waals surface area (Å²) in [5, 5.41) is 8.74. The van der Waals surface area contributed by atoms with Crippen molar-refractivity contribution < 1.29 is 9.90 Å². The van der Waals surface area contributed by atoms with Gasteiger partial charge < -0.3 is 10.0 Å². The summed E-state index contributed by atoms with van der Waals surface area (Å²) >= 11 is 0. The van der Waals surface area contributed by atoms with E-state index in [0.29, 0.717) is 5.92 Å². The molecule has 1 amide bonds. The summed E-state index contributed by atoms with van der Waals surface area (Å²) in [6.07, 6.45) is 8.18. The van der Waals surface area contributed by atoms with Crippen molar-refractivity contribution in [2.75, 3.05) is 7.05 Å². The van der Waals surface area contributed by atoms with Crippen molar-refractivity contribution in [2.45, 2.75) is 31.7 Å². The molecule has 0 heterocycles. The average Bonchev–Trinajstić information content (AvgIpc) is 2.17. The Labute approximate surface area is 78.7 Å². The number of nitrogens with zero attached hydrogens (tertiary/aromatic N) is 1. The van der Waals surface area contributed by atoms with Crippen molar-refractivity contribution in [3.63, 3.8) is 0 Å². The maximum Gasteiger partial charge on any atom is 0.407 e. The monoisotopic (exact) mass is 181 g/mol. The number of terminal acetylenes is 1. The maximum atomic E-state index is 10.6. The topological polar surface area (TPSA) is 40.5 Å². The third kappa shape index (κ3) is 2.38. The minimum Gasteiger partial charge on any atom is -0.465 e. The Morgan fingerprint density at radius 1 is 1.46 bits per heavy atom. The highest BCUT2D eigenvalue weighted by Crippen LogP contribution is 2.26. The van der Waals surface area contributed by atoms with Gasteiger partial charge in [0.05, 0.1) is 0 Å². The van der Waals surface area contributed by atoms with Crippen LogP contribution in [-0.4, -0.2) is 29.2 Å². The summed E-state index contributed by atoms with van der Waals surface area (Å²) < 4.78 is 0. The fraction of sp³-hybridized carbons (Fsp3) is 0.700. The first-order valence-electron chi connectivity index (χ1n) is 4.57. The van der Waals surface area contributed by atoms with Gasteiger partial charge in [0.1, 0.15) is 0 Å². The van der Waals surface area contributed by atoms with Gasteiger partial charge in [0.2, 0.25) is 0 Å². The van der Waals surface area contributed by atoms with Crippen molar-refractivity contribution in [2.24, 2.45) is 5.92 Å². The zero-order valence-electron chi connectivity index (χ0n) is 7.86. The average molecular weight is 181 g/mol. The maximum absolute atomic E-state index is 10.6. The van der Waals surface area contributed by atoms with Crippen LogP contribution < -0.4 is 0 Å². The smallest absolute Gasteiger partial charge is 0.407 e. The molecule has 0 bridgehead atoms. The fourth-order valence-electron chi connectivity index (χ4n) is 1.79. The van der Waals surface area contributed by atoms with Crippen LogP contribution in [-0.2, 0) is 0 Å². The molecule has 0 unspecified atom stereocenters. The van der Waals surface area contributed by atoms with E-state index in [2.05, 4.69) is 5.92 Å². The van der Waals surface area contributed by atoms with Crippen LogP contribution in [0.3, 0.4) is 0 Å². The number of hydrogen-bond donors (Lipinski definition) is 1. The summed E-state index contributed by atoms with van der Waals surface area (Å²) in [4.78, 5) is 12.0.